The number of anilines is 3. The van der Waals surface area contributed by atoms with Gasteiger partial charge in [0.2, 0.25) is 0 Å². The maximum Gasteiger partial charge on any atom is 0.163 e. The van der Waals surface area contributed by atoms with Crippen molar-refractivity contribution < 1.29 is 0 Å². The van der Waals surface area contributed by atoms with Crippen LogP contribution in [0.1, 0.15) is 18.5 Å². The Labute approximate surface area is 164 Å². The summed E-state index contributed by atoms with van der Waals surface area (Å²) in [5.41, 5.74) is 1.84. The van der Waals surface area contributed by atoms with Crippen molar-refractivity contribution in [3.8, 4) is 11.4 Å². The van der Waals surface area contributed by atoms with Gasteiger partial charge in [0, 0.05) is 62.0 Å². The number of nitrogens with zero attached hydrogens (tertiary/aromatic N) is 6. The monoisotopic (exact) mass is 376 g/mol. The van der Waals surface area contributed by atoms with E-state index < -0.39 is 0 Å². The maximum absolute atomic E-state index is 4.67. The van der Waals surface area contributed by atoms with Crippen LogP contribution in [0.3, 0.4) is 0 Å². The molecule has 4 heterocycles. The first kappa shape index (κ1) is 18.1. The summed E-state index contributed by atoms with van der Waals surface area (Å²) in [5, 5.41) is 6.57. The summed E-state index contributed by atoms with van der Waals surface area (Å²) < 4.78 is 0. The lowest BCUT2D eigenvalue weighted by molar-refractivity contribution is 0.688. The van der Waals surface area contributed by atoms with Crippen LogP contribution in [0.5, 0.6) is 0 Å². The molecule has 0 bridgehead atoms. The molecule has 1 aliphatic heterocycles. The number of nitrogens with one attached hydrogen (secondary N) is 2. The Morgan fingerprint density at radius 2 is 2.11 bits per heavy atom. The second kappa shape index (κ2) is 8.16. The zero-order valence-corrected chi connectivity index (χ0v) is 16.1. The molecule has 0 aliphatic carbocycles. The van der Waals surface area contributed by atoms with Crippen LogP contribution in [0, 0.1) is 6.92 Å². The second-order valence-electron chi connectivity index (χ2n) is 6.84. The normalized spacial score (nSPS) is 16.2. The minimum Gasteiger partial charge on any atom is -0.373 e. The van der Waals surface area contributed by atoms with Crippen LogP contribution in [-0.2, 0) is 0 Å². The number of pyridine rings is 1. The van der Waals surface area contributed by atoms with Crippen molar-refractivity contribution in [3.05, 3.63) is 48.7 Å². The van der Waals surface area contributed by atoms with Gasteiger partial charge in [0.15, 0.2) is 5.82 Å². The van der Waals surface area contributed by atoms with E-state index in [1.807, 2.05) is 38.2 Å². The van der Waals surface area contributed by atoms with Gasteiger partial charge in [-0.25, -0.2) is 19.9 Å². The van der Waals surface area contributed by atoms with E-state index >= 15 is 0 Å². The molecule has 144 valence electrons. The van der Waals surface area contributed by atoms with E-state index in [4.69, 9.17) is 0 Å². The first-order valence-corrected chi connectivity index (χ1v) is 9.49. The van der Waals surface area contributed by atoms with Crippen molar-refractivity contribution in [1.29, 1.82) is 0 Å². The summed E-state index contributed by atoms with van der Waals surface area (Å²) in [5.74, 6) is 3.31. The van der Waals surface area contributed by atoms with E-state index in [9.17, 15) is 0 Å². The molecule has 3 aromatic rings. The Kier molecular flexibility index (Phi) is 5.27. The molecule has 1 saturated heterocycles. The van der Waals surface area contributed by atoms with Gasteiger partial charge in [0.05, 0.1) is 0 Å². The average molecular weight is 376 g/mol. The summed E-state index contributed by atoms with van der Waals surface area (Å²) >= 11 is 0. The number of hydrogen-bond donors (Lipinski definition) is 2. The highest BCUT2D eigenvalue weighted by Gasteiger charge is 2.26. The highest BCUT2D eigenvalue weighted by atomic mass is 15.3. The molecule has 1 unspecified atom stereocenters. The van der Waals surface area contributed by atoms with Gasteiger partial charge in [-0.15, -0.1) is 0 Å². The van der Waals surface area contributed by atoms with Crippen LogP contribution in [0.2, 0.25) is 0 Å². The van der Waals surface area contributed by atoms with Crippen LogP contribution in [-0.4, -0.2) is 51.1 Å². The van der Waals surface area contributed by atoms with Crippen LogP contribution < -0.4 is 15.5 Å². The predicted molar refractivity (Wildman–Crippen MR) is 110 cm³/mol. The van der Waals surface area contributed by atoms with Crippen molar-refractivity contribution in [2.45, 2.75) is 25.8 Å². The number of aryl methyl sites for hydroxylation is 1. The lowest BCUT2D eigenvalue weighted by Gasteiger charge is -2.26. The summed E-state index contributed by atoms with van der Waals surface area (Å²) in [6.07, 6.45) is 7.41. The molecule has 0 spiro atoms. The van der Waals surface area contributed by atoms with Crippen molar-refractivity contribution in [2.75, 3.05) is 35.7 Å². The Balaban J connectivity index is 1.48. The first-order chi connectivity index (χ1) is 13.7. The molecule has 8 heteroatoms. The summed E-state index contributed by atoms with van der Waals surface area (Å²) in [6, 6.07) is 8.19. The Bertz CT molecular complexity index is 930. The standard InChI is InChI=1S/C20H24N8/c1-14-9-18(27-20(26-14)15-5-3-7-22-11-15)23-12-16-6-4-8-28(16)19-10-17(21-2)24-13-25-19/h3,5,7,9-11,13,16H,4,6,8,12H2,1-2H3,(H,21,24,25)(H,23,26,27). The van der Waals surface area contributed by atoms with Gasteiger partial charge < -0.3 is 15.5 Å². The maximum atomic E-state index is 4.67. The zero-order valence-electron chi connectivity index (χ0n) is 16.1. The molecular weight excluding hydrogens is 352 g/mol. The molecule has 8 nitrogen and oxygen atoms in total. The fourth-order valence-corrected chi connectivity index (χ4v) is 3.50. The predicted octanol–water partition coefficient (Wildman–Crippen LogP) is 2.76. The molecule has 0 radical (unpaired) electrons. The van der Waals surface area contributed by atoms with E-state index in [1.54, 1.807) is 18.7 Å². The average Bonchev–Trinajstić information content (AvgIpc) is 3.21. The molecule has 3 aromatic heterocycles. The van der Waals surface area contributed by atoms with Crippen LogP contribution in [0.25, 0.3) is 11.4 Å². The third kappa shape index (κ3) is 4.00. The number of rotatable bonds is 6. The van der Waals surface area contributed by atoms with E-state index in [0.717, 1.165) is 54.6 Å². The largest absolute Gasteiger partial charge is 0.373 e. The van der Waals surface area contributed by atoms with Gasteiger partial charge in [-0.1, -0.05) is 0 Å². The van der Waals surface area contributed by atoms with Gasteiger partial charge in [0.1, 0.15) is 23.8 Å². The number of aromatic nitrogens is 5. The van der Waals surface area contributed by atoms with Gasteiger partial charge in [-0.3, -0.25) is 4.98 Å². The minimum atomic E-state index is 0.358. The third-order valence-electron chi connectivity index (χ3n) is 4.87. The molecule has 1 atom stereocenters. The summed E-state index contributed by atoms with van der Waals surface area (Å²) in [4.78, 5) is 24.4. The Morgan fingerprint density at radius 1 is 1.18 bits per heavy atom. The van der Waals surface area contributed by atoms with Gasteiger partial charge in [-0.2, -0.15) is 0 Å². The van der Waals surface area contributed by atoms with E-state index in [-0.39, 0.29) is 0 Å². The minimum absolute atomic E-state index is 0.358. The summed E-state index contributed by atoms with van der Waals surface area (Å²) in [7, 11) is 1.87. The molecule has 4 rings (SSSR count). The SMILES string of the molecule is CNc1cc(N2CCCC2CNc2cc(C)nc(-c3cccnc3)n2)ncn1. The second-order valence-corrected chi connectivity index (χ2v) is 6.84. The first-order valence-electron chi connectivity index (χ1n) is 9.49. The fraction of sp³-hybridized carbons (Fsp3) is 0.350. The zero-order chi connectivity index (χ0) is 19.3. The van der Waals surface area contributed by atoms with Crippen molar-refractivity contribution in [2.24, 2.45) is 0 Å². The van der Waals surface area contributed by atoms with Gasteiger partial charge in [0.25, 0.3) is 0 Å². The summed E-state index contributed by atoms with van der Waals surface area (Å²) in [6.45, 7) is 3.77. The molecule has 28 heavy (non-hydrogen) atoms. The van der Waals surface area contributed by atoms with Crippen molar-refractivity contribution >= 4 is 17.5 Å². The van der Waals surface area contributed by atoms with Crippen molar-refractivity contribution in [3.63, 3.8) is 0 Å². The molecular formula is C20H24N8. The molecule has 1 fully saturated rings. The Morgan fingerprint density at radius 3 is 2.93 bits per heavy atom. The van der Waals surface area contributed by atoms with E-state index in [0.29, 0.717) is 11.9 Å². The highest BCUT2D eigenvalue weighted by molar-refractivity contribution is 5.56. The molecule has 0 aromatic carbocycles. The van der Waals surface area contributed by atoms with Gasteiger partial charge in [-0.05, 0) is 31.9 Å². The van der Waals surface area contributed by atoms with Crippen molar-refractivity contribution in [1.82, 2.24) is 24.9 Å². The number of hydrogen-bond acceptors (Lipinski definition) is 8. The Hall–Kier alpha value is -3.29. The third-order valence-corrected chi connectivity index (χ3v) is 4.87. The molecule has 0 saturated carbocycles. The smallest absolute Gasteiger partial charge is 0.163 e. The molecule has 0 amide bonds. The molecule has 1 aliphatic rings. The highest BCUT2D eigenvalue weighted by Crippen LogP contribution is 2.25. The quantitative estimate of drug-likeness (QED) is 0.678. The fourth-order valence-electron chi connectivity index (χ4n) is 3.50. The van der Waals surface area contributed by atoms with E-state index in [2.05, 4.69) is 40.5 Å². The molecule has 2 N–H and O–H groups in total. The van der Waals surface area contributed by atoms with Crippen LogP contribution >= 0.6 is 0 Å². The van der Waals surface area contributed by atoms with Gasteiger partial charge >= 0.3 is 0 Å². The lowest BCUT2D eigenvalue weighted by atomic mass is 10.2. The van der Waals surface area contributed by atoms with E-state index in [1.165, 1.54) is 0 Å². The lowest BCUT2D eigenvalue weighted by Crippen LogP contribution is -2.35. The van der Waals surface area contributed by atoms with Crippen LogP contribution in [0.15, 0.2) is 43.0 Å². The van der Waals surface area contributed by atoms with Crippen LogP contribution in [0.4, 0.5) is 17.5 Å². The topological polar surface area (TPSA) is 91.8 Å².